The molecule has 140 valence electrons. The van der Waals surface area contributed by atoms with Crippen LogP contribution in [0.3, 0.4) is 0 Å². The second kappa shape index (κ2) is 7.78. The van der Waals surface area contributed by atoms with Crippen LogP contribution in [0.5, 0.6) is 0 Å². The summed E-state index contributed by atoms with van der Waals surface area (Å²) < 4.78 is 5.34. The normalized spacial score (nSPS) is 23.8. The number of hydrogen-bond donors (Lipinski definition) is 1. The second-order valence-electron chi connectivity index (χ2n) is 7.98. The Balaban J connectivity index is 1.24. The predicted molar refractivity (Wildman–Crippen MR) is 98.9 cm³/mol. The number of likely N-dealkylation sites (tertiary alicyclic amines) is 1. The highest BCUT2D eigenvalue weighted by atomic mass is 16.5. The second-order valence-corrected chi connectivity index (χ2v) is 7.98. The van der Waals surface area contributed by atoms with Crippen LogP contribution >= 0.6 is 0 Å². The van der Waals surface area contributed by atoms with Crippen molar-refractivity contribution in [2.24, 2.45) is 11.8 Å². The largest absolute Gasteiger partial charge is 0.381 e. The summed E-state index contributed by atoms with van der Waals surface area (Å²) in [5.74, 6) is 1.03. The van der Waals surface area contributed by atoms with Gasteiger partial charge >= 0.3 is 0 Å². The average Bonchev–Trinajstić information content (AvgIpc) is 3.31. The summed E-state index contributed by atoms with van der Waals surface area (Å²) in [7, 11) is 0. The standard InChI is InChI=1S/C21H28N2O3/c24-20(22-19-5-6-19)17-3-1-15(2-4-17)13-16-7-10-23(11-8-16)21(25)18-9-12-26-14-18/h1-4,16,18-19H,5-14H2,(H,22,24). The van der Waals surface area contributed by atoms with Crippen LogP contribution in [0, 0.1) is 11.8 Å². The van der Waals surface area contributed by atoms with E-state index < -0.39 is 0 Å². The van der Waals surface area contributed by atoms with Crippen LogP contribution in [0.1, 0.15) is 48.0 Å². The van der Waals surface area contributed by atoms with E-state index in [1.54, 1.807) is 0 Å². The fourth-order valence-corrected chi connectivity index (χ4v) is 3.97. The lowest BCUT2D eigenvalue weighted by molar-refractivity contribution is -0.136. The van der Waals surface area contributed by atoms with E-state index in [0.29, 0.717) is 18.6 Å². The van der Waals surface area contributed by atoms with Gasteiger partial charge in [0.05, 0.1) is 12.5 Å². The van der Waals surface area contributed by atoms with Crippen molar-refractivity contribution in [3.8, 4) is 0 Å². The molecular formula is C21H28N2O3. The zero-order valence-electron chi connectivity index (χ0n) is 15.3. The molecule has 1 saturated carbocycles. The molecule has 2 saturated heterocycles. The first-order valence-electron chi connectivity index (χ1n) is 9.95. The molecule has 2 heterocycles. The van der Waals surface area contributed by atoms with E-state index in [-0.39, 0.29) is 17.7 Å². The maximum absolute atomic E-state index is 12.5. The summed E-state index contributed by atoms with van der Waals surface area (Å²) in [6.45, 7) is 3.05. The minimum absolute atomic E-state index is 0.0433. The molecule has 2 amide bonds. The van der Waals surface area contributed by atoms with E-state index in [1.165, 1.54) is 5.56 Å². The van der Waals surface area contributed by atoms with E-state index >= 15 is 0 Å². The molecule has 1 N–H and O–H groups in total. The van der Waals surface area contributed by atoms with E-state index in [1.807, 2.05) is 17.0 Å². The van der Waals surface area contributed by atoms with Gasteiger partial charge in [-0.2, -0.15) is 0 Å². The number of carbonyl (C=O) groups is 2. The topological polar surface area (TPSA) is 58.6 Å². The van der Waals surface area contributed by atoms with Crippen LogP contribution in [-0.4, -0.2) is 49.1 Å². The fraction of sp³-hybridized carbons (Fsp3) is 0.619. The molecule has 1 atom stereocenters. The van der Waals surface area contributed by atoms with Gasteiger partial charge in [0.15, 0.2) is 0 Å². The third-order valence-corrected chi connectivity index (χ3v) is 5.86. The molecule has 5 heteroatoms. The number of amides is 2. The van der Waals surface area contributed by atoms with Gasteiger partial charge in [0.2, 0.25) is 5.91 Å². The van der Waals surface area contributed by atoms with Gasteiger partial charge in [0, 0.05) is 31.3 Å². The van der Waals surface area contributed by atoms with Crippen molar-refractivity contribution in [3.63, 3.8) is 0 Å². The van der Waals surface area contributed by atoms with Crippen molar-refractivity contribution in [2.75, 3.05) is 26.3 Å². The van der Waals surface area contributed by atoms with E-state index in [4.69, 9.17) is 4.74 Å². The van der Waals surface area contributed by atoms with E-state index in [2.05, 4.69) is 17.4 Å². The summed E-state index contributed by atoms with van der Waals surface area (Å²) in [6, 6.07) is 8.42. The Morgan fingerprint density at radius 2 is 1.77 bits per heavy atom. The molecule has 26 heavy (non-hydrogen) atoms. The lowest BCUT2D eigenvalue weighted by atomic mass is 9.89. The summed E-state index contributed by atoms with van der Waals surface area (Å²) in [5.41, 5.74) is 2.03. The number of hydrogen-bond acceptors (Lipinski definition) is 3. The van der Waals surface area contributed by atoms with Crippen molar-refractivity contribution < 1.29 is 14.3 Å². The average molecular weight is 356 g/mol. The first-order chi connectivity index (χ1) is 12.7. The summed E-state index contributed by atoms with van der Waals surface area (Å²) >= 11 is 0. The molecule has 0 radical (unpaired) electrons. The molecule has 1 aromatic carbocycles. The Morgan fingerprint density at radius 3 is 2.38 bits per heavy atom. The number of benzene rings is 1. The van der Waals surface area contributed by atoms with Crippen molar-refractivity contribution in [3.05, 3.63) is 35.4 Å². The van der Waals surface area contributed by atoms with E-state index in [9.17, 15) is 9.59 Å². The Labute approximate surface area is 155 Å². The summed E-state index contributed by atoms with van der Waals surface area (Å²) in [5, 5.41) is 3.02. The molecule has 0 spiro atoms. The first-order valence-corrected chi connectivity index (χ1v) is 9.95. The first kappa shape index (κ1) is 17.5. The maximum atomic E-state index is 12.5. The molecule has 3 aliphatic rings. The van der Waals surface area contributed by atoms with Crippen LogP contribution < -0.4 is 5.32 Å². The lowest BCUT2D eigenvalue weighted by Crippen LogP contribution is -2.42. The fourth-order valence-electron chi connectivity index (χ4n) is 3.97. The summed E-state index contributed by atoms with van der Waals surface area (Å²) in [4.78, 5) is 26.5. The number of piperidine rings is 1. The Morgan fingerprint density at radius 1 is 1.04 bits per heavy atom. The van der Waals surface area contributed by atoms with Crippen molar-refractivity contribution >= 4 is 11.8 Å². The molecule has 1 unspecified atom stereocenters. The molecule has 2 aliphatic heterocycles. The van der Waals surface area contributed by atoms with Gasteiger partial charge < -0.3 is 15.0 Å². The lowest BCUT2D eigenvalue weighted by Gasteiger charge is -2.33. The molecular weight excluding hydrogens is 328 g/mol. The zero-order valence-corrected chi connectivity index (χ0v) is 15.3. The van der Waals surface area contributed by atoms with E-state index in [0.717, 1.165) is 63.8 Å². The monoisotopic (exact) mass is 356 g/mol. The number of carbonyl (C=O) groups excluding carboxylic acids is 2. The van der Waals surface area contributed by atoms with Gasteiger partial charge in [-0.05, 0) is 62.1 Å². The quantitative estimate of drug-likeness (QED) is 0.881. The van der Waals surface area contributed by atoms with Crippen molar-refractivity contribution in [1.82, 2.24) is 10.2 Å². The third kappa shape index (κ3) is 4.26. The molecule has 4 rings (SSSR count). The molecule has 0 aromatic heterocycles. The molecule has 0 bridgehead atoms. The number of nitrogens with one attached hydrogen (secondary N) is 1. The molecule has 3 fully saturated rings. The minimum atomic E-state index is 0.0433. The highest BCUT2D eigenvalue weighted by Gasteiger charge is 2.30. The van der Waals surface area contributed by atoms with Gasteiger partial charge in [0.1, 0.15) is 0 Å². The Bertz CT molecular complexity index is 640. The SMILES string of the molecule is O=C(NC1CC1)c1ccc(CC2CCN(C(=O)C3CCOC3)CC2)cc1. The van der Waals surface area contributed by atoms with Crippen LogP contribution in [0.15, 0.2) is 24.3 Å². The molecule has 5 nitrogen and oxygen atoms in total. The Kier molecular flexibility index (Phi) is 5.25. The number of rotatable bonds is 5. The van der Waals surface area contributed by atoms with Gasteiger partial charge in [-0.3, -0.25) is 9.59 Å². The van der Waals surface area contributed by atoms with Gasteiger partial charge in [-0.1, -0.05) is 12.1 Å². The highest BCUT2D eigenvalue weighted by molar-refractivity contribution is 5.94. The van der Waals surface area contributed by atoms with Gasteiger partial charge in [-0.25, -0.2) is 0 Å². The zero-order chi connectivity index (χ0) is 17.9. The van der Waals surface area contributed by atoms with Crippen molar-refractivity contribution in [2.45, 2.75) is 44.6 Å². The molecule has 1 aromatic rings. The minimum Gasteiger partial charge on any atom is -0.381 e. The van der Waals surface area contributed by atoms with Gasteiger partial charge in [0.25, 0.3) is 5.91 Å². The smallest absolute Gasteiger partial charge is 0.251 e. The number of ether oxygens (including phenoxy) is 1. The van der Waals surface area contributed by atoms with Crippen LogP contribution in [0.25, 0.3) is 0 Å². The highest BCUT2D eigenvalue weighted by Crippen LogP contribution is 2.25. The van der Waals surface area contributed by atoms with Crippen molar-refractivity contribution in [1.29, 1.82) is 0 Å². The van der Waals surface area contributed by atoms with Crippen LogP contribution in [0.2, 0.25) is 0 Å². The maximum Gasteiger partial charge on any atom is 0.251 e. The number of nitrogens with zero attached hydrogens (tertiary/aromatic N) is 1. The predicted octanol–water partition coefficient (Wildman–Crippen LogP) is 2.40. The van der Waals surface area contributed by atoms with Gasteiger partial charge in [-0.15, -0.1) is 0 Å². The Hall–Kier alpha value is -1.88. The summed E-state index contributed by atoms with van der Waals surface area (Å²) in [6.07, 6.45) is 6.24. The third-order valence-electron chi connectivity index (χ3n) is 5.86. The molecule has 1 aliphatic carbocycles. The van der Waals surface area contributed by atoms with Crippen LogP contribution in [0.4, 0.5) is 0 Å². The van der Waals surface area contributed by atoms with Crippen LogP contribution in [-0.2, 0) is 16.0 Å².